The van der Waals surface area contributed by atoms with E-state index in [1.54, 1.807) is 0 Å². The van der Waals surface area contributed by atoms with Gasteiger partial charge in [0.25, 0.3) is 0 Å². The maximum absolute atomic E-state index is 12.7. The van der Waals surface area contributed by atoms with Crippen LogP contribution in [0.25, 0.3) is 0 Å². The Morgan fingerprint density at radius 3 is 2.61 bits per heavy atom. The number of carboxylic acids is 1. The first-order chi connectivity index (χ1) is 10.7. The molecule has 23 heavy (non-hydrogen) atoms. The van der Waals surface area contributed by atoms with Gasteiger partial charge in [0.15, 0.2) is 5.75 Å². The number of urea groups is 1. The van der Waals surface area contributed by atoms with Gasteiger partial charge in [-0.15, -0.1) is 0 Å². The van der Waals surface area contributed by atoms with Gasteiger partial charge in [-0.25, -0.2) is 13.2 Å². The summed E-state index contributed by atoms with van der Waals surface area (Å²) >= 11 is 5.87. The number of aromatic hydroxyl groups is 1. The number of nitrogens with one attached hydrogen (secondary N) is 1. The molecule has 2 amide bonds. The van der Waals surface area contributed by atoms with Crippen molar-refractivity contribution in [3.63, 3.8) is 0 Å². The van der Waals surface area contributed by atoms with Crippen molar-refractivity contribution in [3.8, 4) is 5.75 Å². The number of rotatable bonds is 4. The second-order valence-corrected chi connectivity index (χ2v) is 7.11. The van der Waals surface area contributed by atoms with Gasteiger partial charge in [0.1, 0.15) is 10.9 Å². The average Bonchev–Trinajstić information content (AvgIpc) is 2.92. The van der Waals surface area contributed by atoms with E-state index >= 15 is 0 Å². The average molecular weight is 364 g/mol. The Morgan fingerprint density at radius 2 is 2.04 bits per heavy atom. The van der Waals surface area contributed by atoms with Gasteiger partial charge >= 0.3 is 12.0 Å². The second-order valence-electron chi connectivity index (χ2n) is 4.87. The lowest BCUT2D eigenvalue weighted by Crippen LogP contribution is -2.40. The Balaban J connectivity index is 2.55. The highest BCUT2D eigenvalue weighted by molar-refractivity contribution is 7.89. The van der Waals surface area contributed by atoms with Crippen LogP contribution in [0.15, 0.2) is 17.0 Å². The minimum atomic E-state index is -4.37. The van der Waals surface area contributed by atoms with Crippen molar-refractivity contribution in [1.29, 1.82) is 0 Å². The number of phenolic OH excluding ortho intramolecular Hbond substituents is 1. The molecule has 0 spiro atoms. The van der Waals surface area contributed by atoms with Crippen molar-refractivity contribution in [3.05, 3.63) is 17.2 Å². The summed E-state index contributed by atoms with van der Waals surface area (Å²) < 4.78 is 26.2. The highest BCUT2D eigenvalue weighted by Crippen LogP contribution is 2.40. The highest BCUT2D eigenvalue weighted by atomic mass is 35.5. The van der Waals surface area contributed by atoms with Gasteiger partial charge in [-0.1, -0.05) is 11.6 Å². The SMILES string of the molecule is NC(=O)Nc1ccc(Cl)c(S(=O)(=O)N2CCCC2C(=O)O)c1O. The molecule has 0 aromatic heterocycles. The van der Waals surface area contributed by atoms with Crippen LogP contribution in [-0.4, -0.2) is 47.5 Å². The molecule has 9 nitrogen and oxygen atoms in total. The maximum Gasteiger partial charge on any atom is 0.322 e. The minimum Gasteiger partial charge on any atom is -0.504 e. The van der Waals surface area contributed by atoms with E-state index in [9.17, 15) is 23.1 Å². The number of primary amides is 1. The van der Waals surface area contributed by atoms with Crippen LogP contribution >= 0.6 is 11.6 Å². The number of phenols is 1. The topological polar surface area (TPSA) is 150 Å². The molecular weight excluding hydrogens is 350 g/mol. The number of amides is 2. The van der Waals surface area contributed by atoms with Crippen LogP contribution in [0.2, 0.25) is 5.02 Å². The molecule has 1 saturated heterocycles. The third-order valence-corrected chi connectivity index (χ3v) is 5.81. The van der Waals surface area contributed by atoms with Gasteiger partial charge in [0.2, 0.25) is 10.0 Å². The Morgan fingerprint density at radius 1 is 1.39 bits per heavy atom. The Bertz CT molecular complexity index is 766. The molecule has 0 aliphatic carbocycles. The van der Waals surface area contributed by atoms with E-state index < -0.39 is 38.7 Å². The van der Waals surface area contributed by atoms with Crippen molar-refractivity contribution in [2.75, 3.05) is 11.9 Å². The lowest BCUT2D eigenvalue weighted by molar-refractivity contribution is -0.140. The molecule has 1 aliphatic rings. The number of carbonyl (C=O) groups is 2. The van der Waals surface area contributed by atoms with Gasteiger partial charge in [-0.05, 0) is 25.0 Å². The Labute approximate surface area is 136 Å². The number of carbonyl (C=O) groups excluding carboxylic acids is 1. The molecule has 1 unspecified atom stereocenters. The van der Waals surface area contributed by atoms with Crippen LogP contribution < -0.4 is 11.1 Å². The van der Waals surface area contributed by atoms with Crippen LogP contribution in [0.1, 0.15) is 12.8 Å². The molecule has 1 atom stereocenters. The van der Waals surface area contributed by atoms with E-state index in [1.807, 2.05) is 0 Å². The molecule has 0 bridgehead atoms. The zero-order valence-electron chi connectivity index (χ0n) is 11.7. The van der Waals surface area contributed by atoms with E-state index in [0.717, 1.165) is 10.4 Å². The lowest BCUT2D eigenvalue weighted by Gasteiger charge is -2.22. The summed E-state index contributed by atoms with van der Waals surface area (Å²) in [4.78, 5) is 21.4. The molecule has 1 heterocycles. The first-order valence-corrected chi connectivity index (χ1v) is 8.30. The number of hydrogen-bond acceptors (Lipinski definition) is 5. The molecule has 1 fully saturated rings. The van der Waals surface area contributed by atoms with Crippen LogP contribution in [0.4, 0.5) is 10.5 Å². The molecule has 2 rings (SSSR count). The predicted molar refractivity (Wildman–Crippen MR) is 80.9 cm³/mol. The molecule has 11 heteroatoms. The van der Waals surface area contributed by atoms with E-state index in [2.05, 4.69) is 5.32 Å². The summed E-state index contributed by atoms with van der Waals surface area (Å²) in [5.74, 6) is -2.08. The standard InChI is InChI=1S/C12H14ClN3O6S/c13-6-3-4-7(15-12(14)20)9(17)10(6)23(21,22)16-5-1-2-8(16)11(18)19/h3-4,8,17H,1-2,5H2,(H,18,19)(H3,14,15,20). The van der Waals surface area contributed by atoms with Crippen LogP contribution in [0, 0.1) is 0 Å². The third kappa shape index (κ3) is 3.19. The number of aliphatic carboxylic acids is 1. The van der Waals surface area contributed by atoms with Gasteiger partial charge in [0, 0.05) is 6.54 Å². The molecule has 0 saturated carbocycles. The summed E-state index contributed by atoms with van der Waals surface area (Å²) in [6.45, 7) is -0.0114. The zero-order valence-corrected chi connectivity index (χ0v) is 13.3. The largest absolute Gasteiger partial charge is 0.504 e. The number of halogens is 1. The Hall–Kier alpha value is -2.04. The Kier molecular flexibility index (Phi) is 4.68. The first kappa shape index (κ1) is 17.3. The quantitative estimate of drug-likeness (QED) is 0.580. The monoisotopic (exact) mass is 363 g/mol. The first-order valence-electron chi connectivity index (χ1n) is 6.49. The van der Waals surface area contributed by atoms with Gasteiger partial charge < -0.3 is 21.3 Å². The summed E-state index contributed by atoms with van der Waals surface area (Å²) in [7, 11) is -4.37. The van der Waals surface area contributed by atoms with E-state index in [0.29, 0.717) is 6.42 Å². The van der Waals surface area contributed by atoms with Crippen LogP contribution in [0.5, 0.6) is 5.75 Å². The maximum atomic E-state index is 12.7. The fourth-order valence-electron chi connectivity index (χ4n) is 2.42. The fraction of sp³-hybridized carbons (Fsp3) is 0.333. The number of anilines is 1. The van der Waals surface area contributed by atoms with Gasteiger partial charge in [-0.2, -0.15) is 4.31 Å². The number of benzene rings is 1. The molecule has 1 aromatic carbocycles. The number of nitrogens with two attached hydrogens (primary N) is 1. The third-order valence-electron chi connectivity index (χ3n) is 3.40. The van der Waals surface area contributed by atoms with Crippen molar-refractivity contribution in [2.24, 2.45) is 5.73 Å². The number of nitrogens with zero attached hydrogens (tertiary/aromatic N) is 1. The number of hydrogen-bond donors (Lipinski definition) is 4. The van der Waals surface area contributed by atoms with E-state index in [1.165, 1.54) is 6.07 Å². The highest BCUT2D eigenvalue weighted by Gasteiger charge is 2.41. The van der Waals surface area contributed by atoms with Crippen molar-refractivity contribution in [1.82, 2.24) is 4.31 Å². The number of carboxylic acid groups (broad SMARTS) is 1. The van der Waals surface area contributed by atoms with Crippen molar-refractivity contribution < 1.29 is 28.2 Å². The summed E-state index contributed by atoms with van der Waals surface area (Å²) in [5.41, 5.74) is 4.70. The molecule has 1 aromatic rings. The number of sulfonamides is 1. The molecule has 0 radical (unpaired) electrons. The minimum absolute atomic E-state index is 0.0114. The smallest absolute Gasteiger partial charge is 0.322 e. The summed E-state index contributed by atoms with van der Waals surface area (Å²) in [6, 6.07) is 0.101. The van der Waals surface area contributed by atoms with E-state index in [-0.39, 0.29) is 23.7 Å². The van der Waals surface area contributed by atoms with Crippen molar-refractivity contribution in [2.45, 2.75) is 23.8 Å². The lowest BCUT2D eigenvalue weighted by atomic mass is 10.2. The van der Waals surface area contributed by atoms with Gasteiger partial charge in [-0.3, -0.25) is 4.79 Å². The van der Waals surface area contributed by atoms with Crippen LogP contribution in [-0.2, 0) is 14.8 Å². The molecular formula is C12H14ClN3O6S. The van der Waals surface area contributed by atoms with Gasteiger partial charge in [0.05, 0.1) is 10.7 Å². The fourth-order valence-corrected chi connectivity index (χ4v) is 4.67. The van der Waals surface area contributed by atoms with Crippen molar-refractivity contribution >= 4 is 39.3 Å². The normalized spacial score (nSPS) is 18.7. The molecule has 5 N–H and O–H groups in total. The van der Waals surface area contributed by atoms with Crippen LogP contribution in [0.3, 0.4) is 0 Å². The summed E-state index contributed by atoms with van der Waals surface area (Å²) in [6.07, 6.45) is 0.528. The molecule has 126 valence electrons. The zero-order chi connectivity index (χ0) is 17.4. The summed E-state index contributed by atoms with van der Waals surface area (Å²) in [5, 5.41) is 21.0. The predicted octanol–water partition coefficient (Wildman–Crippen LogP) is 0.774. The second kappa shape index (κ2) is 6.22. The van der Waals surface area contributed by atoms with E-state index in [4.69, 9.17) is 22.4 Å². The molecule has 1 aliphatic heterocycles.